The number of hydrogen-bond donors (Lipinski definition) is 0. The Morgan fingerprint density at radius 3 is 2.00 bits per heavy atom. The maximum absolute atomic E-state index is 12.7. The van der Waals surface area contributed by atoms with E-state index in [0.29, 0.717) is 5.69 Å². The van der Waals surface area contributed by atoms with Crippen molar-refractivity contribution in [3.05, 3.63) is 17.0 Å². The van der Waals surface area contributed by atoms with Crippen LogP contribution < -0.4 is 0 Å². The molecule has 0 aliphatic rings. The normalized spacial score (nSPS) is 13.3. The van der Waals surface area contributed by atoms with Gasteiger partial charge in [0, 0.05) is 18.3 Å². The lowest BCUT2D eigenvalue weighted by Crippen LogP contribution is -2.14. The summed E-state index contributed by atoms with van der Waals surface area (Å²) >= 11 is 6.31. The third kappa shape index (κ3) is 2.55. The molecule has 1 aromatic rings. The average Bonchev–Trinajstić information content (AvgIpc) is 2.25. The average molecular weight is 350 g/mol. The molecule has 1 aromatic heterocycles. The Morgan fingerprint density at radius 2 is 1.73 bits per heavy atom. The van der Waals surface area contributed by atoms with Crippen molar-refractivity contribution in [3.63, 3.8) is 0 Å². The van der Waals surface area contributed by atoms with Crippen LogP contribution in [0.5, 0.6) is 0 Å². The molecule has 86 valence electrons. The first-order valence-corrected chi connectivity index (χ1v) is 5.63. The van der Waals surface area contributed by atoms with E-state index in [1.807, 2.05) is 0 Å². The van der Waals surface area contributed by atoms with Gasteiger partial charge in [-0.2, -0.15) is 18.3 Å². The number of aromatic nitrogens is 2. The first-order valence-electron chi connectivity index (χ1n) is 4.04. The zero-order valence-electron chi connectivity index (χ0n) is 8.28. The molecule has 0 N–H and O–H groups in total. The SMILES string of the molecule is Cc1c(C(C)(Br)Br)c(C(F)(F)F)nn1C. The summed E-state index contributed by atoms with van der Waals surface area (Å²) in [7, 11) is 1.49. The number of rotatable bonds is 1. The fourth-order valence-electron chi connectivity index (χ4n) is 1.33. The van der Waals surface area contributed by atoms with Crippen LogP contribution in [-0.2, 0) is 16.5 Å². The maximum atomic E-state index is 12.7. The molecule has 0 aliphatic carbocycles. The fraction of sp³-hybridized carbons (Fsp3) is 0.625. The molecule has 0 aliphatic heterocycles. The monoisotopic (exact) mass is 348 g/mol. The third-order valence-electron chi connectivity index (χ3n) is 2.04. The predicted octanol–water partition coefficient (Wildman–Crippen LogP) is 3.71. The van der Waals surface area contributed by atoms with E-state index in [1.165, 1.54) is 11.7 Å². The van der Waals surface area contributed by atoms with Crippen molar-refractivity contribution >= 4 is 31.9 Å². The molecule has 0 saturated carbocycles. The number of alkyl halides is 5. The Morgan fingerprint density at radius 1 is 1.27 bits per heavy atom. The van der Waals surface area contributed by atoms with Gasteiger partial charge >= 0.3 is 6.18 Å². The van der Waals surface area contributed by atoms with Gasteiger partial charge in [0.2, 0.25) is 0 Å². The lowest BCUT2D eigenvalue weighted by atomic mass is 10.1. The highest BCUT2D eigenvalue weighted by atomic mass is 79.9. The van der Waals surface area contributed by atoms with Crippen molar-refractivity contribution in [1.29, 1.82) is 0 Å². The molecule has 0 spiro atoms. The highest BCUT2D eigenvalue weighted by Gasteiger charge is 2.42. The number of hydrogen-bond acceptors (Lipinski definition) is 1. The molecule has 0 atom stereocenters. The second kappa shape index (κ2) is 3.76. The van der Waals surface area contributed by atoms with Crippen LogP contribution in [0.25, 0.3) is 0 Å². The van der Waals surface area contributed by atoms with Gasteiger partial charge in [0.1, 0.15) is 3.23 Å². The van der Waals surface area contributed by atoms with Gasteiger partial charge < -0.3 is 0 Å². The minimum Gasteiger partial charge on any atom is -0.272 e. The lowest BCUT2D eigenvalue weighted by Gasteiger charge is -2.16. The number of halogens is 5. The molecule has 15 heavy (non-hydrogen) atoms. The van der Waals surface area contributed by atoms with Crippen LogP contribution >= 0.6 is 31.9 Å². The Bertz CT molecular complexity index is 376. The lowest BCUT2D eigenvalue weighted by molar-refractivity contribution is -0.142. The van der Waals surface area contributed by atoms with Crippen LogP contribution in [0.2, 0.25) is 0 Å². The van der Waals surface area contributed by atoms with E-state index < -0.39 is 15.1 Å². The number of nitrogens with zero attached hydrogens (tertiary/aromatic N) is 2. The van der Waals surface area contributed by atoms with Crippen LogP contribution in [0.4, 0.5) is 13.2 Å². The molecular formula is C8H9Br2F3N2. The quantitative estimate of drug-likeness (QED) is 0.707. The van der Waals surface area contributed by atoms with Crippen molar-refractivity contribution in [3.8, 4) is 0 Å². The van der Waals surface area contributed by atoms with Gasteiger partial charge in [-0.25, -0.2) is 0 Å². The van der Waals surface area contributed by atoms with Crippen LogP contribution in [0, 0.1) is 6.92 Å². The summed E-state index contributed by atoms with van der Waals surface area (Å²) in [5.74, 6) is 0. The van der Waals surface area contributed by atoms with E-state index in [4.69, 9.17) is 0 Å². The summed E-state index contributed by atoms with van der Waals surface area (Å²) < 4.78 is 38.3. The summed E-state index contributed by atoms with van der Waals surface area (Å²) in [6.45, 7) is 3.19. The van der Waals surface area contributed by atoms with Crippen molar-refractivity contribution in [1.82, 2.24) is 9.78 Å². The van der Waals surface area contributed by atoms with Gasteiger partial charge in [0.25, 0.3) is 0 Å². The van der Waals surface area contributed by atoms with E-state index in [1.54, 1.807) is 13.8 Å². The zero-order valence-corrected chi connectivity index (χ0v) is 11.5. The Hall–Kier alpha value is -0.0400. The Kier molecular flexibility index (Phi) is 3.27. The maximum Gasteiger partial charge on any atom is 0.435 e. The van der Waals surface area contributed by atoms with E-state index in [0.717, 1.165) is 0 Å². The molecule has 1 rings (SSSR count). The van der Waals surface area contributed by atoms with Crippen LogP contribution in [0.15, 0.2) is 0 Å². The van der Waals surface area contributed by atoms with Crippen molar-refractivity contribution in [2.75, 3.05) is 0 Å². The van der Waals surface area contributed by atoms with Crippen LogP contribution in [0.3, 0.4) is 0 Å². The summed E-state index contributed by atoms with van der Waals surface area (Å²) in [6.07, 6.45) is -4.44. The minimum atomic E-state index is -4.44. The van der Waals surface area contributed by atoms with Gasteiger partial charge in [-0.1, -0.05) is 31.9 Å². The standard InChI is InChI=1S/C8H9Br2F3N2/c1-4-5(7(2,9)10)6(8(11,12)13)14-15(4)3/h1-3H3. The highest BCUT2D eigenvalue weighted by Crippen LogP contribution is 2.45. The second-order valence-corrected chi connectivity index (χ2v) is 7.55. The molecular weight excluding hydrogens is 341 g/mol. The molecule has 2 nitrogen and oxygen atoms in total. The molecule has 0 bridgehead atoms. The summed E-state index contributed by atoms with van der Waals surface area (Å²) in [4.78, 5) is 0. The molecule has 0 aromatic carbocycles. The molecule has 0 unspecified atom stereocenters. The fourth-order valence-corrected chi connectivity index (χ4v) is 2.28. The van der Waals surface area contributed by atoms with E-state index in [9.17, 15) is 13.2 Å². The van der Waals surface area contributed by atoms with Crippen LogP contribution in [0.1, 0.15) is 23.9 Å². The largest absolute Gasteiger partial charge is 0.435 e. The van der Waals surface area contributed by atoms with Gasteiger partial charge in [-0.05, 0) is 13.8 Å². The molecule has 1 heterocycles. The molecule has 0 saturated heterocycles. The van der Waals surface area contributed by atoms with Gasteiger partial charge in [-0.3, -0.25) is 4.68 Å². The van der Waals surface area contributed by atoms with E-state index in [2.05, 4.69) is 37.0 Å². The predicted molar refractivity (Wildman–Crippen MR) is 58.2 cm³/mol. The molecule has 7 heteroatoms. The molecule has 0 fully saturated rings. The van der Waals surface area contributed by atoms with Crippen LogP contribution in [-0.4, -0.2) is 9.78 Å². The van der Waals surface area contributed by atoms with Gasteiger partial charge in [0.05, 0.1) is 0 Å². The molecule has 0 radical (unpaired) electrons. The summed E-state index contributed by atoms with van der Waals surface area (Å²) in [5, 5.41) is 3.48. The zero-order chi connectivity index (χ0) is 12.0. The smallest absolute Gasteiger partial charge is 0.272 e. The first kappa shape index (κ1) is 13.0. The number of aryl methyl sites for hydroxylation is 1. The Balaban J connectivity index is 3.48. The van der Waals surface area contributed by atoms with Crippen molar-refractivity contribution in [2.24, 2.45) is 7.05 Å². The second-order valence-electron chi connectivity index (χ2n) is 3.32. The molecule has 0 amide bonds. The highest BCUT2D eigenvalue weighted by molar-refractivity contribution is 9.24. The van der Waals surface area contributed by atoms with Crippen molar-refractivity contribution in [2.45, 2.75) is 23.3 Å². The minimum absolute atomic E-state index is 0.109. The van der Waals surface area contributed by atoms with Gasteiger partial charge in [-0.15, -0.1) is 0 Å². The first-order chi connectivity index (χ1) is 6.55. The van der Waals surface area contributed by atoms with E-state index >= 15 is 0 Å². The van der Waals surface area contributed by atoms with Gasteiger partial charge in [0.15, 0.2) is 5.69 Å². The summed E-state index contributed by atoms with van der Waals surface area (Å²) in [5.41, 5.74) is -0.283. The van der Waals surface area contributed by atoms with E-state index in [-0.39, 0.29) is 5.56 Å². The Labute approximate surface area is 102 Å². The third-order valence-corrected chi connectivity index (χ3v) is 2.83. The summed E-state index contributed by atoms with van der Waals surface area (Å²) in [6, 6.07) is 0. The topological polar surface area (TPSA) is 17.8 Å². The van der Waals surface area contributed by atoms with Crippen molar-refractivity contribution < 1.29 is 13.2 Å².